The predicted octanol–water partition coefficient (Wildman–Crippen LogP) is 2.15. The highest BCUT2D eigenvalue weighted by Gasteiger charge is 2.13. The van der Waals surface area contributed by atoms with Crippen LogP contribution in [-0.4, -0.2) is 31.5 Å². The monoisotopic (exact) mass is 274 g/mol. The molecule has 0 aliphatic heterocycles. The van der Waals surface area contributed by atoms with Crippen LogP contribution in [-0.2, 0) is 13.0 Å². The van der Waals surface area contributed by atoms with Gasteiger partial charge in [0.2, 0.25) is 0 Å². The Morgan fingerprint density at radius 2 is 1.80 bits per heavy atom. The highest BCUT2D eigenvalue weighted by Crippen LogP contribution is 2.20. The molecule has 2 rings (SSSR count). The average Bonchev–Trinajstić information content (AvgIpc) is 2.70. The molecule has 0 fully saturated rings. The normalized spacial score (nSPS) is 11.3. The van der Waals surface area contributed by atoms with Crippen LogP contribution in [0.5, 0.6) is 0 Å². The van der Waals surface area contributed by atoms with E-state index in [1.54, 1.807) is 4.68 Å². The Morgan fingerprint density at radius 3 is 2.35 bits per heavy atom. The largest absolute Gasteiger partial charge is 0.394 e. The van der Waals surface area contributed by atoms with Crippen LogP contribution in [0.4, 0.5) is 0 Å². The summed E-state index contributed by atoms with van der Waals surface area (Å²) in [6.45, 7) is 8.75. The second-order valence-corrected chi connectivity index (χ2v) is 5.53. The van der Waals surface area contributed by atoms with Crippen LogP contribution in [0.1, 0.15) is 31.1 Å². The Kier molecular flexibility index (Phi) is 4.49. The molecular weight excluding hydrogens is 252 g/mol. The van der Waals surface area contributed by atoms with Crippen molar-refractivity contribution in [2.24, 2.45) is 5.92 Å². The Hall–Kier alpha value is -1.75. The van der Waals surface area contributed by atoms with Gasteiger partial charge in [-0.05, 0) is 31.9 Å². The highest BCUT2D eigenvalue weighted by atomic mass is 16.3. The molecule has 0 spiro atoms. The maximum Gasteiger partial charge on any atom is 0.158 e. The van der Waals surface area contributed by atoms with Crippen molar-refractivity contribution in [3.05, 3.63) is 29.3 Å². The number of aromatic nitrogens is 4. The quantitative estimate of drug-likeness (QED) is 0.907. The smallest absolute Gasteiger partial charge is 0.158 e. The molecule has 0 aliphatic rings. The van der Waals surface area contributed by atoms with Crippen LogP contribution in [0.3, 0.4) is 0 Å². The van der Waals surface area contributed by atoms with Gasteiger partial charge in [0, 0.05) is 23.4 Å². The summed E-state index contributed by atoms with van der Waals surface area (Å²) in [4.78, 5) is 9.02. The van der Waals surface area contributed by atoms with E-state index in [1.165, 1.54) is 0 Å². The van der Waals surface area contributed by atoms with Crippen LogP contribution < -0.4 is 0 Å². The standard InChI is InChI=1S/C15H22N4O/c1-10(2)7-14-17-15(19(18-14)5-6-20)13-8-11(3)16-12(4)9-13/h8-10,20H,5-7H2,1-4H3. The summed E-state index contributed by atoms with van der Waals surface area (Å²) in [7, 11) is 0. The SMILES string of the molecule is Cc1cc(-c2nc(CC(C)C)nn2CCO)cc(C)n1. The number of aliphatic hydroxyl groups excluding tert-OH is 1. The van der Waals surface area contributed by atoms with Gasteiger partial charge in [-0.3, -0.25) is 4.98 Å². The Labute approximate surface area is 119 Å². The first-order valence-corrected chi connectivity index (χ1v) is 7.00. The van der Waals surface area contributed by atoms with Crippen LogP contribution in [0, 0.1) is 19.8 Å². The van der Waals surface area contributed by atoms with Gasteiger partial charge in [-0.25, -0.2) is 9.67 Å². The molecule has 2 heterocycles. The lowest BCUT2D eigenvalue weighted by Crippen LogP contribution is -2.07. The molecule has 2 aromatic heterocycles. The van der Waals surface area contributed by atoms with E-state index in [0.29, 0.717) is 12.5 Å². The number of aliphatic hydroxyl groups is 1. The third-order valence-electron chi connectivity index (χ3n) is 2.96. The maximum atomic E-state index is 9.19. The van der Waals surface area contributed by atoms with Gasteiger partial charge in [-0.15, -0.1) is 0 Å². The van der Waals surface area contributed by atoms with E-state index in [1.807, 2.05) is 26.0 Å². The second-order valence-electron chi connectivity index (χ2n) is 5.53. The van der Waals surface area contributed by atoms with Crippen molar-refractivity contribution in [3.8, 4) is 11.4 Å². The molecule has 0 saturated carbocycles. The van der Waals surface area contributed by atoms with Crippen molar-refractivity contribution in [1.82, 2.24) is 19.7 Å². The summed E-state index contributed by atoms with van der Waals surface area (Å²) in [5.41, 5.74) is 2.93. The lowest BCUT2D eigenvalue weighted by molar-refractivity contribution is 0.269. The lowest BCUT2D eigenvalue weighted by atomic mass is 10.1. The fourth-order valence-electron chi connectivity index (χ4n) is 2.27. The van der Waals surface area contributed by atoms with Gasteiger partial charge in [-0.2, -0.15) is 5.10 Å². The molecule has 0 unspecified atom stereocenters. The number of aryl methyl sites for hydroxylation is 2. The zero-order chi connectivity index (χ0) is 14.7. The van der Waals surface area contributed by atoms with Crippen molar-refractivity contribution in [2.45, 2.75) is 40.7 Å². The Morgan fingerprint density at radius 1 is 1.15 bits per heavy atom. The van der Waals surface area contributed by atoms with Gasteiger partial charge >= 0.3 is 0 Å². The summed E-state index contributed by atoms with van der Waals surface area (Å²) < 4.78 is 1.78. The summed E-state index contributed by atoms with van der Waals surface area (Å²) in [6, 6.07) is 4.01. The van der Waals surface area contributed by atoms with E-state index in [0.717, 1.165) is 35.0 Å². The number of hydrogen-bond acceptors (Lipinski definition) is 4. The van der Waals surface area contributed by atoms with E-state index in [2.05, 4.69) is 28.9 Å². The van der Waals surface area contributed by atoms with E-state index < -0.39 is 0 Å². The van der Waals surface area contributed by atoms with Crippen molar-refractivity contribution in [2.75, 3.05) is 6.61 Å². The molecule has 0 aromatic carbocycles. The van der Waals surface area contributed by atoms with Crippen LogP contribution >= 0.6 is 0 Å². The maximum absolute atomic E-state index is 9.19. The third-order valence-corrected chi connectivity index (χ3v) is 2.96. The number of nitrogens with zero attached hydrogens (tertiary/aromatic N) is 4. The minimum atomic E-state index is 0.0561. The number of pyridine rings is 1. The third kappa shape index (κ3) is 3.42. The van der Waals surface area contributed by atoms with Gasteiger partial charge in [0.25, 0.3) is 0 Å². The summed E-state index contributed by atoms with van der Waals surface area (Å²) in [5.74, 6) is 2.15. The summed E-state index contributed by atoms with van der Waals surface area (Å²) >= 11 is 0. The average molecular weight is 274 g/mol. The molecule has 0 atom stereocenters. The summed E-state index contributed by atoms with van der Waals surface area (Å²) in [5, 5.41) is 13.7. The van der Waals surface area contributed by atoms with Gasteiger partial charge in [-0.1, -0.05) is 13.8 Å². The lowest BCUT2D eigenvalue weighted by Gasteiger charge is -2.05. The van der Waals surface area contributed by atoms with E-state index in [9.17, 15) is 5.11 Å². The van der Waals surface area contributed by atoms with E-state index in [4.69, 9.17) is 0 Å². The minimum absolute atomic E-state index is 0.0561. The van der Waals surface area contributed by atoms with Crippen molar-refractivity contribution in [3.63, 3.8) is 0 Å². The summed E-state index contributed by atoms with van der Waals surface area (Å²) in [6.07, 6.45) is 0.842. The minimum Gasteiger partial charge on any atom is -0.394 e. The molecule has 5 heteroatoms. The molecule has 20 heavy (non-hydrogen) atoms. The highest BCUT2D eigenvalue weighted by molar-refractivity contribution is 5.56. The molecule has 1 N–H and O–H groups in total. The van der Waals surface area contributed by atoms with E-state index in [-0.39, 0.29) is 6.61 Å². The fraction of sp³-hybridized carbons (Fsp3) is 0.533. The van der Waals surface area contributed by atoms with Gasteiger partial charge in [0.1, 0.15) is 0 Å². The van der Waals surface area contributed by atoms with Crippen molar-refractivity contribution >= 4 is 0 Å². The zero-order valence-corrected chi connectivity index (χ0v) is 12.6. The van der Waals surface area contributed by atoms with Crippen molar-refractivity contribution < 1.29 is 5.11 Å². The fourth-order valence-corrected chi connectivity index (χ4v) is 2.27. The molecule has 0 amide bonds. The predicted molar refractivity (Wildman–Crippen MR) is 78.4 cm³/mol. The van der Waals surface area contributed by atoms with Crippen LogP contribution in [0.25, 0.3) is 11.4 Å². The van der Waals surface area contributed by atoms with Gasteiger partial charge < -0.3 is 5.11 Å². The molecular formula is C15H22N4O. The van der Waals surface area contributed by atoms with Crippen molar-refractivity contribution in [1.29, 1.82) is 0 Å². The molecule has 0 aliphatic carbocycles. The molecule has 5 nitrogen and oxygen atoms in total. The van der Waals surface area contributed by atoms with Gasteiger partial charge in [0.15, 0.2) is 11.6 Å². The second kappa shape index (κ2) is 6.13. The van der Waals surface area contributed by atoms with E-state index >= 15 is 0 Å². The molecule has 0 radical (unpaired) electrons. The molecule has 108 valence electrons. The topological polar surface area (TPSA) is 63.8 Å². The first-order chi connectivity index (χ1) is 9.49. The molecule has 0 bridgehead atoms. The number of rotatable bonds is 5. The first kappa shape index (κ1) is 14.7. The Balaban J connectivity index is 2.44. The molecule has 2 aromatic rings. The Bertz CT molecular complexity index is 569. The molecule has 0 saturated heterocycles. The van der Waals surface area contributed by atoms with Crippen LogP contribution in [0.15, 0.2) is 12.1 Å². The van der Waals surface area contributed by atoms with Gasteiger partial charge in [0.05, 0.1) is 13.2 Å². The number of hydrogen-bond donors (Lipinski definition) is 1. The zero-order valence-electron chi connectivity index (χ0n) is 12.6. The van der Waals surface area contributed by atoms with Crippen LogP contribution in [0.2, 0.25) is 0 Å². The first-order valence-electron chi connectivity index (χ1n) is 7.00.